The van der Waals surface area contributed by atoms with E-state index in [2.05, 4.69) is 108 Å². The normalized spacial score (nSPS) is 11.3. The molecular formula is C31H25N3S. The molecule has 0 aliphatic rings. The molecule has 6 rings (SSSR count). The SMILES string of the molecule is Cc1cccc(-n2c3ccccc3c3cc(-c4ccc(S)c(Nc5ccccc5N)c4)ccc32)c1. The van der Waals surface area contributed by atoms with Gasteiger partial charge in [0.05, 0.1) is 28.1 Å². The summed E-state index contributed by atoms with van der Waals surface area (Å²) in [6, 6.07) is 38.0. The summed E-state index contributed by atoms with van der Waals surface area (Å²) in [7, 11) is 0. The lowest BCUT2D eigenvalue weighted by Gasteiger charge is -2.13. The van der Waals surface area contributed by atoms with Gasteiger partial charge in [-0.1, -0.05) is 54.6 Å². The molecule has 0 fully saturated rings. The highest BCUT2D eigenvalue weighted by atomic mass is 32.1. The van der Waals surface area contributed by atoms with Gasteiger partial charge in [0.1, 0.15) is 0 Å². The molecule has 1 heterocycles. The zero-order valence-corrected chi connectivity index (χ0v) is 20.3. The number of fused-ring (bicyclic) bond motifs is 3. The van der Waals surface area contributed by atoms with E-state index in [1.807, 2.05) is 30.3 Å². The number of hydrogen-bond donors (Lipinski definition) is 3. The van der Waals surface area contributed by atoms with Gasteiger partial charge in [-0.25, -0.2) is 0 Å². The summed E-state index contributed by atoms with van der Waals surface area (Å²) in [6.45, 7) is 2.13. The zero-order chi connectivity index (χ0) is 23.9. The van der Waals surface area contributed by atoms with Gasteiger partial charge in [-0.15, -0.1) is 12.6 Å². The van der Waals surface area contributed by atoms with Crippen LogP contribution in [0.2, 0.25) is 0 Å². The Hall–Kier alpha value is -4.15. The number of nitrogen functional groups attached to an aromatic ring is 1. The Morgan fingerprint density at radius 1 is 0.657 bits per heavy atom. The van der Waals surface area contributed by atoms with Crippen LogP contribution in [0.5, 0.6) is 0 Å². The molecule has 5 aromatic carbocycles. The molecule has 4 heteroatoms. The fourth-order valence-electron chi connectivity index (χ4n) is 4.77. The standard InChI is InChI=1S/C31H25N3S/c1-20-7-6-8-23(17-20)34-29-12-5-2-9-24(29)25-18-21(13-15-30(25)34)22-14-16-31(35)28(19-22)33-27-11-4-3-10-26(27)32/h2-19,33,35H,32H2,1H3. The topological polar surface area (TPSA) is 43.0 Å². The van der Waals surface area contributed by atoms with Crippen LogP contribution in [-0.4, -0.2) is 4.57 Å². The molecule has 1 aromatic heterocycles. The van der Waals surface area contributed by atoms with E-state index in [9.17, 15) is 0 Å². The van der Waals surface area contributed by atoms with Crippen LogP contribution >= 0.6 is 12.6 Å². The number of benzene rings is 5. The molecule has 3 nitrogen and oxygen atoms in total. The molecule has 0 bridgehead atoms. The fraction of sp³-hybridized carbons (Fsp3) is 0.0323. The number of rotatable bonds is 4. The molecule has 0 aliphatic heterocycles. The van der Waals surface area contributed by atoms with Crippen molar-refractivity contribution in [3.63, 3.8) is 0 Å². The van der Waals surface area contributed by atoms with Gasteiger partial charge in [-0.2, -0.15) is 0 Å². The van der Waals surface area contributed by atoms with Crippen LogP contribution in [0.4, 0.5) is 17.1 Å². The average Bonchev–Trinajstić information content (AvgIpc) is 3.20. The van der Waals surface area contributed by atoms with Crippen LogP contribution in [0.25, 0.3) is 38.6 Å². The lowest BCUT2D eigenvalue weighted by molar-refractivity contribution is 1.17. The third-order valence-corrected chi connectivity index (χ3v) is 6.88. The molecule has 0 spiro atoms. The number of hydrogen-bond acceptors (Lipinski definition) is 3. The molecular weight excluding hydrogens is 446 g/mol. The third-order valence-electron chi connectivity index (χ3n) is 6.49. The van der Waals surface area contributed by atoms with Crippen molar-refractivity contribution in [3.8, 4) is 16.8 Å². The highest BCUT2D eigenvalue weighted by Crippen LogP contribution is 2.37. The number of aromatic nitrogens is 1. The molecule has 0 radical (unpaired) electrons. The van der Waals surface area contributed by atoms with Crippen LogP contribution in [0, 0.1) is 6.92 Å². The van der Waals surface area contributed by atoms with Gasteiger partial charge in [0.25, 0.3) is 0 Å². The van der Waals surface area contributed by atoms with E-state index in [4.69, 9.17) is 5.73 Å². The summed E-state index contributed by atoms with van der Waals surface area (Å²) >= 11 is 4.67. The Balaban J connectivity index is 1.50. The minimum absolute atomic E-state index is 0.705. The van der Waals surface area contributed by atoms with Gasteiger partial charge in [-0.05, 0) is 78.2 Å². The number of aryl methyl sites for hydroxylation is 1. The molecule has 35 heavy (non-hydrogen) atoms. The molecule has 0 saturated heterocycles. The molecule has 0 aliphatic carbocycles. The van der Waals surface area contributed by atoms with E-state index in [0.29, 0.717) is 5.69 Å². The van der Waals surface area contributed by atoms with Crippen LogP contribution in [0.1, 0.15) is 5.56 Å². The number of nitrogens with two attached hydrogens (primary N) is 1. The first-order valence-corrected chi connectivity index (χ1v) is 12.1. The second-order valence-electron chi connectivity index (χ2n) is 8.87. The number of para-hydroxylation sites is 3. The van der Waals surface area contributed by atoms with Gasteiger partial charge in [0.2, 0.25) is 0 Å². The van der Waals surface area contributed by atoms with E-state index < -0.39 is 0 Å². The van der Waals surface area contributed by atoms with Gasteiger partial charge in [0, 0.05) is 21.4 Å². The first-order valence-electron chi connectivity index (χ1n) is 11.6. The van der Waals surface area contributed by atoms with E-state index in [1.54, 1.807) is 0 Å². The van der Waals surface area contributed by atoms with Crippen molar-refractivity contribution in [2.75, 3.05) is 11.1 Å². The van der Waals surface area contributed by atoms with E-state index in [0.717, 1.165) is 27.4 Å². The number of anilines is 3. The van der Waals surface area contributed by atoms with E-state index >= 15 is 0 Å². The largest absolute Gasteiger partial charge is 0.397 e. The van der Waals surface area contributed by atoms with Crippen molar-refractivity contribution in [2.45, 2.75) is 11.8 Å². The van der Waals surface area contributed by atoms with Crippen LogP contribution < -0.4 is 11.1 Å². The first-order chi connectivity index (χ1) is 17.1. The van der Waals surface area contributed by atoms with Crippen molar-refractivity contribution < 1.29 is 0 Å². The molecule has 0 saturated carbocycles. The number of thiol groups is 1. The second kappa shape index (κ2) is 8.57. The van der Waals surface area contributed by atoms with Gasteiger partial charge >= 0.3 is 0 Å². The van der Waals surface area contributed by atoms with E-state index in [1.165, 1.54) is 33.1 Å². The maximum absolute atomic E-state index is 6.15. The molecule has 0 atom stereocenters. The summed E-state index contributed by atoms with van der Waals surface area (Å²) in [5.74, 6) is 0. The highest BCUT2D eigenvalue weighted by Gasteiger charge is 2.14. The van der Waals surface area contributed by atoms with Crippen LogP contribution in [-0.2, 0) is 0 Å². The summed E-state index contributed by atoms with van der Waals surface area (Å²) < 4.78 is 2.35. The third kappa shape index (κ3) is 3.82. The first kappa shape index (κ1) is 21.4. The zero-order valence-electron chi connectivity index (χ0n) is 19.4. The summed E-state index contributed by atoms with van der Waals surface area (Å²) in [4.78, 5) is 0.870. The fourth-order valence-corrected chi connectivity index (χ4v) is 4.96. The Labute approximate surface area is 210 Å². The Morgan fingerprint density at radius 2 is 1.40 bits per heavy atom. The molecule has 6 aromatic rings. The second-order valence-corrected chi connectivity index (χ2v) is 9.35. The van der Waals surface area contributed by atoms with Crippen molar-refractivity contribution in [1.29, 1.82) is 0 Å². The van der Waals surface area contributed by atoms with Crippen molar-refractivity contribution >= 4 is 51.5 Å². The lowest BCUT2D eigenvalue weighted by atomic mass is 10.0. The molecule has 3 N–H and O–H groups in total. The van der Waals surface area contributed by atoms with Gasteiger partial charge in [-0.3, -0.25) is 0 Å². The van der Waals surface area contributed by atoms with Gasteiger partial charge in [0.15, 0.2) is 0 Å². The predicted octanol–water partition coefficient (Wildman–Crippen LogP) is 8.37. The summed E-state index contributed by atoms with van der Waals surface area (Å²) in [5, 5.41) is 5.92. The number of nitrogens with zero attached hydrogens (tertiary/aromatic N) is 1. The maximum atomic E-state index is 6.15. The minimum Gasteiger partial charge on any atom is -0.397 e. The van der Waals surface area contributed by atoms with Gasteiger partial charge < -0.3 is 15.6 Å². The quantitative estimate of drug-likeness (QED) is 0.179. The monoisotopic (exact) mass is 471 g/mol. The minimum atomic E-state index is 0.705. The van der Waals surface area contributed by atoms with E-state index in [-0.39, 0.29) is 0 Å². The summed E-state index contributed by atoms with van der Waals surface area (Å²) in [5.41, 5.74) is 15.8. The molecule has 0 amide bonds. The lowest BCUT2D eigenvalue weighted by Crippen LogP contribution is -1.97. The molecule has 170 valence electrons. The maximum Gasteiger partial charge on any atom is 0.0618 e. The Bertz CT molecular complexity index is 1710. The Kier molecular flexibility index (Phi) is 5.24. The smallest absolute Gasteiger partial charge is 0.0618 e. The van der Waals surface area contributed by atoms with Crippen molar-refractivity contribution in [3.05, 3.63) is 115 Å². The van der Waals surface area contributed by atoms with Crippen molar-refractivity contribution in [2.24, 2.45) is 0 Å². The van der Waals surface area contributed by atoms with Crippen molar-refractivity contribution in [1.82, 2.24) is 4.57 Å². The molecule has 0 unspecified atom stereocenters. The highest BCUT2D eigenvalue weighted by molar-refractivity contribution is 7.80. The van der Waals surface area contributed by atoms with Crippen LogP contribution in [0.15, 0.2) is 114 Å². The van der Waals surface area contributed by atoms with Crippen LogP contribution in [0.3, 0.4) is 0 Å². The predicted molar refractivity (Wildman–Crippen MR) is 152 cm³/mol. The summed E-state index contributed by atoms with van der Waals surface area (Å²) in [6.07, 6.45) is 0. The number of nitrogens with one attached hydrogen (secondary N) is 1. The Morgan fingerprint density at radius 3 is 2.26 bits per heavy atom. The average molecular weight is 472 g/mol.